The van der Waals surface area contributed by atoms with E-state index in [0.717, 1.165) is 12.8 Å². The number of piperidine rings is 1. The Bertz CT molecular complexity index is 1080. The van der Waals surface area contributed by atoms with Crippen LogP contribution in [0, 0.1) is 5.92 Å². The number of aromatic nitrogens is 1. The van der Waals surface area contributed by atoms with Crippen molar-refractivity contribution in [1.82, 2.24) is 10.3 Å². The molecule has 4 N–H and O–H groups in total. The van der Waals surface area contributed by atoms with E-state index < -0.39 is 24.4 Å². The van der Waals surface area contributed by atoms with Crippen LogP contribution in [0.5, 0.6) is 0 Å². The minimum atomic E-state index is -0.531. The number of anilines is 2. The van der Waals surface area contributed by atoms with Crippen LogP contribution in [-0.2, 0) is 14.3 Å². The molecule has 178 valence electrons. The van der Waals surface area contributed by atoms with E-state index in [4.69, 9.17) is 10.5 Å². The fourth-order valence-corrected chi connectivity index (χ4v) is 3.75. The van der Waals surface area contributed by atoms with Crippen LogP contribution in [0.1, 0.15) is 46.4 Å². The van der Waals surface area contributed by atoms with E-state index in [9.17, 15) is 19.2 Å². The maximum atomic E-state index is 12.4. The number of rotatable bonds is 8. The topological polar surface area (TPSA) is 144 Å². The summed E-state index contributed by atoms with van der Waals surface area (Å²) in [5.41, 5.74) is 6.51. The van der Waals surface area contributed by atoms with Crippen LogP contribution in [0.3, 0.4) is 0 Å². The first-order valence-electron chi connectivity index (χ1n) is 11.3. The van der Waals surface area contributed by atoms with Crippen molar-refractivity contribution < 1.29 is 23.9 Å². The fraction of sp³-hybridized carbons (Fsp3) is 0.375. The molecule has 2 heterocycles. The molecule has 0 atom stereocenters. The number of carbonyl (C=O) groups is 4. The lowest BCUT2D eigenvalue weighted by molar-refractivity contribution is -0.152. The van der Waals surface area contributed by atoms with Crippen molar-refractivity contribution in [2.45, 2.75) is 31.7 Å². The highest BCUT2D eigenvalue weighted by Gasteiger charge is 2.27. The number of nitrogens with two attached hydrogens (primary N) is 1. The van der Waals surface area contributed by atoms with E-state index >= 15 is 0 Å². The average molecular weight is 466 g/mol. The molecule has 1 aromatic heterocycles. The van der Waals surface area contributed by atoms with Crippen LogP contribution in [-0.4, -0.2) is 54.4 Å². The van der Waals surface area contributed by atoms with E-state index in [1.54, 1.807) is 36.4 Å². The van der Waals surface area contributed by atoms with Crippen molar-refractivity contribution >= 4 is 35.2 Å². The van der Waals surface area contributed by atoms with E-state index in [1.807, 2.05) is 4.90 Å². The number of amides is 3. The lowest BCUT2D eigenvalue weighted by Crippen LogP contribution is -2.38. The Morgan fingerprint density at radius 1 is 1.03 bits per heavy atom. The highest BCUT2D eigenvalue weighted by atomic mass is 16.5. The van der Waals surface area contributed by atoms with E-state index in [2.05, 4.69) is 15.6 Å². The van der Waals surface area contributed by atoms with Gasteiger partial charge in [0.15, 0.2) is 6.61 Å². The van der Waals surface area contributed by atoms with Crippen molar-refractivity contribution in [3.8, 4) is 0 Å². The van der Waals surface area contributed by atoms with Gasteiger partial charge in [-0.25, -0.2) is 4.98 Å². The molecule has 1 aromatic carbocycles. The number of nitrogens with zero attached hydrogens (tertiary/aromatic N) is 2. The molecule has 2 aliphatic rings. The summed E-state index contributed by atoms with van der Waals surface area (Å²) in [5, 5.41) is 5.56. The zero-order chi connectivity index (χ0) is 24.1. The largest absolute Gasteiger partial charge is 0.455 e. The Labute approximate surface area is 196 Å². The molecule has 0 bridgehead atoms. The summed E-state index contributed by atoms with van der Waals surface area (Å²) in [4.78, 5) is 54.3. The van der Waals surface area contributed by atoms with Crippen molar-refractivity contribution in [1.29, 1.82) is 0 Å². The van der Waals surface area contributed by atoms with Crippen LogP contribution >= 0.6 is 0 Å². The number of hydrogen-bond donors (Lipinski definition) is 3. The molecule has 1 saturated carbocycles. The Morgan fingerprint density at radius 2 is 1.79 bits per heavy atom. The Hall–Kier alpha value is -3.95. The predicted octanol–water partition coefficient (Wildman–Crippen LogP) is 1.47. The van der Waals surface area contributed by atoms with E-state index in [-0.39, 0.29) is 17.9 Å². The number of esters is 1. The van der Waals surface area contributed by atoms with Gasteiger partial charge in [0, 0.05) is 36.6 Å². The Balaban J connectivity index is 1.21. The molecule has 4 rings (SSSR count). The molecule has 10 heteroatoms. The third-order valence-electron chi connectivity index (χ3n) is 5.85. The number of ether oxygens (including phenoxy) is 1. The van der Waals surface area contributed by atoms with Crippen molar-refractivity contribution in [2.75, 3.05) is 29.9 Å². The van der Waals surface area contributed by atoms with Crippen molar-refractivity contribution in [3.63, 3.8) is 0 Å². The van der Waals surface area contributed by atoms with Gasteiger partial charge in [0.1, 0.15) is 5.82 Å². The summed E-state index contributed by atoms with van der Waals surface area (Å²) in [6.07, 6.45) is 4.56. The zero-order valence-electron chi connectivity index (χ0n) is 18.7. The number of hydrogen-bond acceptors (Lipinski definition) is 7. The second kappa shape index (κ2) is 10.3. The maximum Gasteiger partial charge on any atom is 0.309 e. The lowest BCUT2D eigenvalue weighted by atomic mass is 9.97. The Kier molecular flexibility index (Phi) is 7.05. The molecule has 0 radical (unpaired) electrons. The molecule has 0 unspecified atom stereocenters. The summed E-state index contributed by atoms with van der Waals surface area (Å²) in [7, 11) is 0. The molecule has 1 saturated heterocycles. The smallest absolute Gasteiger partial charge is 0.309 e. The number of carbonyl (C=O) groups excluding carboxylic acids is 4. The van der Waals surface area contributed by atoms with Gasteiger partial charge in [-0.1, -0.05) is 6.07 Å². The molecule has 3 amide bonds. The van der Waals surface area contributed by atoms with Gasteiger partial charge in [-0.05, 0) is 56.0 Å². The minimum absolute atomic E-state index is 0.171. The molecule has 1 aliphatic carbocycles. The van der Waals surface area contributed by atoms with Gasteiger partial charge in [-0.2, -0.15) is 0 Å². The van der Waals surface area contributed by atoms with Crippen molar-refractivity contribution in [3.05, 3.63) is 53.7 Å². The van der Waals surface area contributed by atoms with Gasteiger partial charge in [0.05, 0.1) is 11.5 Å². The zero-order valence-corrected chi connectivity index (χ0v) is 18.7. The lowest BCUT2D eigenvalue weighted by Gasteiger charge is -2.31. The van der Waals surface area contributed by atoms with Gasteiger partial charge >= 0.3 is 5.97 Å². The third-order valence-corrected chi connectivity index (χ3v) is 5.85. The van der Waals surface area contributed by atoms with Gasteiger partial charge in [0.25, 0.3) is 11.8 Å². The van der Waals surface area contributed by atoms with E-state index in [0.29, 0.717) is 48.6 Å². The fourth-order valence-electron chi connectivity index (χ4n) is 3.75. The monoisotopic (exact) mass is 465 g/mol. The van der Waals surface area contributed by atoms with Gasteiger partial charge in [0.2, 0.25) is 5.91 Å². The second-order valence-corrected chi connectivity index (χ2v) is 8.52. The van der Waals surface area contributed by atoms with Gasteiger partial charge in [-0.15, -0.1) is 0 Å². The van der Waals surface area contributed by atoms with Gasteiger partial charge in [-0.3, -0.25) is 19.2 Å². The number of benzene rings is 1. The minimum Gasteiger partial charge on any atom is -0.455 e. The number of primary amides is 1. The molecule has 0 spiro atoms. The quantitative estimate of drug-likeness (QED) is 0.501. The summed E-state index contributed by atoms with van der Waals surface area (Å²) in [6, 6.07) is 10.2. The van der Waals surface area contributed by atoms with Crippen LogP contribution in [0.25, 0.3) is 0 Å². The normalized spacial score (nSPS) is 15.9. The highest BCUT2D eigenvalue weighted by Crippen LogP contribution is 2.23. The number of nitrogens with one attached hydrogen (secondary N) is 2. The maximum absolute atomic E-state index is 12.4. The van der Waals surface area contributed by atoms with Gasteiger partial charge < -0.3 is 26.0 Å². The summed E-state index contributed by atoms with van der Waals surface area (Å²) < 4.78 is 5.22. The first kappa shape index (κ1) is 23.2. The second-order valence-electron chi connectivity index (χ2n) is 8.52. The highest BCUT2D eigenvalue weighted by molar-refractivity contribution is 5.98. The third kappa shape index (κ3) is 6.09. The van der Waals surface area contributed by atoms with Crippen LogP contribution in [0.2, 0.25) is 0 Å². The molecule has 2 fully saturated rings. The molecule has 34 heavy (non-hydrogen) atoms. The van der Waals surface area contributed by atoms with Crippen LogP contribution in [0.15, 0.2) is 42.6 Å². The molecule has 2 aromatic rings. The number of pyridine rings is 1. The first-order valence-corrected chi connectivity index (χ1v) is 11.3. The summed E-state index contributed by atoms with van der Waals surface area (Å²) >= 11 is 0. The summed E-state index contributed by atoms with van der Waals surface area (Å²) in [5.74, 6) is -1.17. The Morgan fingerprint density at radius 3 is 2.44 bits per heavy atom. The first-order chi connectivity index (χ1) is 16.4. The SMILES string of the molecule is NC(=O)c1ccc(N2CCC(C(=O)OCC(=O)Nc3cccc(C(=O)NC4CC4)c3)CC2)nc1. The summed E-state index contributed by atoms with van der Waals surface area (Å²) in [6.45, 7) is 0.808. The standard InChI is InChI=1S/C24H27N5O5/c25-22(31)17-4-7-20(26-13-17)29-10-8-15(9-11-29)24(33)34-14-21(30)27-19-3-1-2-16(12-19)23(32)28-18-5-6-18/h1-4,7,12-13,15,18H,5-6,8-11,14H2,(H2,25,31)(H,27,30)(H,28,32). The predicted molar refractivity (Wildman–Crippen MR) is 124 cm³/mol. The van der Waals surface area contributed by atoms with Crippen molar-refractivity contribution in [2.24, 2.45) is 11.7 Å². The molecular weight excluding hydrogens is 438 g/mol. The van der Waals surface area contributed by atoms with E-state index in [1.165, 1.54) is 6.20 Å². The average Bonchev–Trinajstić information content (AvgIpc) is 3.67. The van der Waals surface area contributed by atoms with Crippen LogP contribution in [0.4, 0.5) is 11.5 Å². The molecular formula is C24H27N5O5. The molecule has 10 nitrogen and oxygen atoms in total. The molecule has 1 aliphatic heterocycles. The van der Waals surface area contributed by atoms with Crippen LogP contribution < -0.4 is 21.3 Å².